The van der Waals surface area contributed by atoms with Crippen LogP contribution in [0.5, 0.6) is 0 Å². The Bertz CT molecular complexity index is 522. The highest BCUT2D eigenvalue weighted by molar-refractivity contribution is 5.81. The summed E-state index contributed by atoms with van der Waals surface area (Å²) in [6.07, 6.45) is 10.00. The van der Waals surface area contributed by atoms with Crippen LogP contribution in [0.25, 0.3) is 0 Å². The van der Waals surface area contributed by atoms with Gasteiger partial charge in [-0.25, -0.2) is 0 Å². The third-order valence-corrected chi connectivity index (χ3v) is 6.85. The monoisotopic (exact) mass is 378 g/mol. The Kier molecular flexibility index (Phi) is 7.01. The lowest BCUT2D eigenvalue weighted by Gasteiger charge is -2.58. The van der Waals surface area contributed by atoms with Crippen molar-refractivity contribution in [2.45, 2.75) is 90.3 Å². The van der Waals surface area contributed by atoms with Crippen LogP contribution >= 0.6 is 0 Å². The quantitative estimate of drug-likeness (QED) is 0.570. The van der Waals surface area contributed by atoms with Gasteiger partial charge >= 0.3 is 0 Å². The van der Waals surface area contributed by atoms with Crippen LogP contribution in [-0.4, -0.2) is 61.2 Å². The molecule has 6 heteroatoms. The normalized spacial score (nSPS) is 28.7. The van der Waals surface area contributed by atoms with Crippen LogP contribution in [-0.2, 0) is 9.53 Å². The fourth-order valence-electron chi connectivity index (χ4n) is 5.25. The van der Waals surface area contributed by atoms with Crippen LogP contribution in [0.3, 0.4) is 0 Å². The Morgan fingerprint density at radius 1 is 1.15 bits per heavy atom. The summed E-state index contributed by atoms with van der Waals surface area (Å²) < 4.78 is 6.09. The molecule has 1 aliphatic heterocycles. The molecule has 154 valence electrons. The molecule has 2 N–H and O–H groups in total. The number of hydrogen-bond donors (Lipinski definition) is 2. The molecule has 3 aliphatic rings. The number of hydrogen-bond acceptors (Lipinski definition) is 3. The van der Waals surface area contributed by atoms with Gasteiger partial charge in [-0.3, -0.25) is 9.79 Å². The second-order valence-electron chi connectivity index (χ2n) is 8.42. The van der Waals surface area contributed by atoms with Gasteiger partial charge in [0.1, 0.15) is 0 Å². The van der Waals surface area contributed by atoms with Crippen LogP contribution < -0.4 is 10.6 Å². The summed E-state index contributed by atoms with van der Waals surface area (Å²) in [7, 11) is 0. The number of ether oxygens (including phenoxy) is 1. The number of amides is 1. The van der Waals surface area contributed by atoms with Gasteiger partial charge in [0.2, 0.25) is 5.91 Å². The summed E-state index contributed by atoms with van der Waals surface area (Å²) >= 11 is 0. The van der Waals surface area contributed by atoms with E-state index in [1.807, 2.05) is 4.90 Å². The molecule has 0 aromatic carbocycles. The van der Waals surface area contributed by atoms with Crippen molar-refractivity contribution in [3.05, 3.63) is 0 Å². The second kappa shape index (κ2) is 9.26. The molecule has 3 rings (SSSR count). The Labute approximate surface area is 164 Å². The minimum Gasteiger partial charge on any atom is -0.378 e. The molecule has 0 bridgehead atoms. The smallest absolute Gasteiger partial charge is 0.219 e. The van der Waals surface area contributed by atoms with E-state index in [1.54, 1.807) is 6.92 Å². The number of nitrogens with zero attached hydrogens (tertiary/aromatic N) is 2. The van der Waals surface area contributed by atoms with Crippen molar-refractivity contribution in [2.75, 3.05) is 26.2 Å². The van der Waals surface area contributed by atoms with Crippen molar-refractivity contribution in [2.24, 2.45) is 10.4 Å². The summed E-state index contributed by atoms with van der Waals surface area (Å²) in [5.41, 5.74) is 0.294. The molecule has 2 aliphatic carbocycles. The fourth-order valence-corrected chi connectivity index (χ4v) is 5.25. The Morgan fingerprint density at radius 3 is 2.44 bits per heavy atom. The van der Waals surface area contributed by atoms with Gasteiger partial charge in [-0.15, -0.1) is 0 Å². The Hall–Kier alpha value is -1.30. The summed E-state index contributed by atoms with van der Waals surface area (Å²) in [6, 6.07) is 0.855. The third-order valence-electron chi connectivity index (χ3n) is 6.85. The molecule has 2 atom stereocenters. The van der Waals surface area contributed by atoms with E-state index < -0.39 is 0 Å². The number of likely N-dealkylation sites (tertiary alicyclic amines) is 1. The third kappa shape index (κ3) is 4.58. The zero-order chi connectivity index (χ0) is 19.3. The largest absolute Gasteiger partial charge is 0.378 e. The maximum atomic E-state index is 11.5. The number of carbonyl (C=O) groups is 1. The average Bonchev–Trinajstić information content (AvgIpc) is 2.68. The highest BCUT2D eigenvalue weighted by Crippen LogP contribution is 2.53. The minimum absolute atomic E-state index is 0.185. The number of rotatable bonds is 5. The van der Waals surface area contributed by atoms with E-state index in [1.165, 1.54) is 32.1 Å². The highest BCUT2D eigenvalue weighted by Gasteiger charge is 2.55. The lowest BCUT2D eigenvalue weighted by atomic mass is 9.55. The fraction of sp³-hybridized carbons (Fsp3) is 0.905. The van der Waals surface area contributed by atoms with E-state index in [-0.39, 0.29) is 5.91 Å². The summed E-state index contributed by atoms with van der Waals surface area (Å²) in [6.45, 7) is 9.11. The number of aliphatic imine (C=N–C) groups is 1. The average molecular weight is 379 g/mol. The summed E-state index contributed by atoms with van der Waals surface area (Å²) in [5, 5.41) is 7.41. The highest BCUT2D eigenvalue weighted by atomic mass is 16.5. The minimum atomic E-state index is 0.185. The van der Waals surface area contributed by atoms with Crippen molar-refractivity contribution < 1.29 is 9.53 Å². The van der Waals surface area contributed by atoms with Gasteiger partial charge in [0.25, 0.3) is 0 Å². The summed E-state index contributed by atoms with van der Waals surface area (Å²) in [4.78, 5) is 18.2. The molecule has 1 amide bonds. The standard InChI is InChI=1S/C21H38N4O2/c1-4-22-20(23-17-9-13-25(14-10-17)16(3)26)24-18-15-19(27-5-2)21(18)11-7-6-8-12-21/h17-19H,4-15H2,1-3H3,(H2,22,23,24). The molecule has 1 spiro atoms. The molecule has 2 unspecified atom stereocenters. The van der Waals surface area contributed by atoms with Crippen molar-refractivity contribution in [3.8, 4) is 0 Å². The first-order chi connectivity index (χ1) is 13.1. The molecular weight excluding hydrogens is 340 g/mol. The molecule has 27 heavy (non-hydrogen) atoms. The molecular formula is C21H38N4O2. The first-order valence-corrected chi connectivity index (χ1v) is 11.0. The number of piperidine rings is 1. The van der Waals surface area contributed by atoms with E-state index >= 15 is 0 Å². The maximum Gasteiger partial charge on any atom is 0.219 e. The van der Waals surface area contributed by atoms with E-state index in [4.69, 9.17) is 9.73 Å². The molecule has 0 radical (unpaired) electrons. The lowest BCUT2D eigenvalue weighted by molar-refractivity contribution is -0.145. The lowest BCUT2D eigenvalue weighted by Crippen LogP contribution is -2.67. The predicted molar refractivity (Wildman–Crippen MR) is 109 cm³/mol. The Balaban J connectivity index is 1.58. The number of nitrogens with one attached hydrogen (secondary N) is 2. The van der Waals surface area contributed by atoms with Gasteiger partial charge in [-0.1, -0.05) is 19.3 Å². The zero-order valence-electron chi connectivity index (χ0n) is 17.4. The molecule has 6 nitrogen and oxygen atoms in total. The second-order valence-corrected chi connectivity index (χ2v) is 8.42. The first kappa shape index (κ1) is 20.4. The van der Waals surface area contributed by atoms with Crippen LogP contribution in [0.15, 0.2) is 4.99 Å². The molecule has 0 aromatic heterocycles. The number of carbonyl (C=O) groups excluding carboxylic acids is 1. The first-order valence-electron chi connectivity index (χ1n) is 11.0. The zero-order valence-corrected chi connectivity index (χ0v) is 17.4. The molecule has 1 saturated heterocycles. The van der Waals surface area contributed by atoms with Crippen LogP contribution in [0.1, 0.15) is 72.1 Å². The van der Waals surface area contributed by atoms with Crippen LogP contribution in [0, 0.1) is 5.41 Å². The van der Waals surface area contributed by atoms with Gasteiger partial charge in [-0.05, 0) is 46.0 Å². The van der Waals surface area contributed by atoms with Crippen LogP contribution in [0.4, 0.5) is 0 Å². The van der Waals surface area contributed by atoms with Gasteiger partial charge in [-0.2, -0.15) is 0 Å². The van der Waals surface area contributed by atoms with Crippen molar-refractivity contribution in [1.82, 2.24) is 15.5 Å². The molecule has 0 aromatic rings. The Morgan fingerprint density at radius 2 is 1.85 bits per heavy atom. The van der Waals surface area contributed by atoms with E-state index in [0.717, 1.165) is 51.5 Å². The van der Waals surface area contributed by atoms with E-state index in [0.29, 0.717) is 23.6 Å². The van der Waals surface area contributed by atoms with Crippen molar-refractivity contribution in [1.29, 1.82) is 0 Å². The van der Waals surface area contributed by atoms with Gasteiger partial charge < -0.3 is 20.3 Å². The number of guanidine groups is 1. The van der Waals surface area contributed by atoms with Gasteiger partial charge in [0.05, 0.1) is 6.10 Å². The maximum absolute atomic E-state index is 11.5. The van der Waals surface area contributed by atoms with Crippen molar-refractivity contribution >= 4 is 11.9 Å². The molecule has 3 fully saturated rings. The SMILES string of the molecule is CCN=C(NC1CCN(C(C)=O)CC1)NC1CC(OCC)C12CCCCC2. The van der Waals surface area contributed by atoms with E-state index in [2.05, 4.69) is 24.5 Å². The summed E-state index contributed by atoms with van der Waals surface area (Å²) in [5.74, 6) is 1.13. The molecule has 1 heterocycles. The van der Waals surface area contributed by atoms with Gasteiger partial charge in [0.15, 0.2) is 5.96 Å². The van der Waals surface area contributed by atoms with Crippen LogP contribution in [0.2, 0.25) is 0 Å². The van der Waals surface area contributed by atoms with Crippen molar-refractivity contribution in [3.63, 3.8) is 0 Å². The van der Waals surface area contributed by atoms with Gasteiger partial charge in [0, 0.05) is 50.7 Å². The topological polar surface area (TPSA) is 66.0 Å². The predicted octanol–water partition coefficient (Wildman–Crippen LogP) is 2.68. The van der Waals surface area contributed by atoms with E-state index in [9.17, 15) is 4.79 Å². The molecule has 2 saturated carbocycles.